The molecule has 118 valence electrons. The summed E-state index contributed by atoms with van der Waals surface area (Å²) >= 11 is 0. The van der Waals surface area contributed by atoms with Crippen molar-refractivity contribution in [2.45, 2.75) is 39.2 Å². The number of benzene rings is 1. The minimum Gasteiger partial charge on any atom is -0.454 e. The summed E-state index contributed by atoms with van der Waals surface area (Å²) in [6.45, 7) is 3.79. The monoisotopic (exact) mass is 301 g/mol. The maximum absolute atomic E-state index is 12.9. The van der Waals surface area contributed by atoms with Gasteiger partial charge in [0.1, 0.15) is 0 Å². The van der Waals surface area contributed by atoms with Crippen LogP contribution in [0.2, 0.25) is 0 Å². The molecule has 1 aromatic rings. The Balaban J connectivity index is 1.46. The van der Waals surface area contributed by atoms with Crippen LogP contribution in [0.25, 0.3) is 0 Å². The van der Waals surface area contributed by atoms with Crippen LogP contribution in [0, 0.1) is 17.8 Å². The number of fused-ring (bicyclic) bond motifs is 3. The van der Waals surface area contributed by atoms with Crippen LogP contribution >= 0.6 is 0 Å². The van der Waals surface area contributed by atoms with Crippen molar-refractivity contribution >= 4 is 5.91 Å². The molecule has 2 aliphatic carbocycles. The first-order valence-electron chi connectivity index (χ1n) is 8.42. The van der Waals surface area contributed by atoms with E-state index in [1.54, 1.807) is 0 Å². The quantitative estimate of drug-likeness (QED) is 0.857. The van der Waals surface area contributed by atoms with Crippen LogP contribution in [0.15, 0.2) is 18.2 Å². The number of nitrogens with zero attached hydrogens (tertiary/aromatic N) is 1. The maximum atomic E-state index is 12.9. The molecule has 0 N–H and O–H groups in total. The zero-order chi connectivity index (χ0) is 15.1. The molecule has 0 spiro atoms. The molecule has 2 saturated carbocycles. The zero-order valence-electron chi connectivity index (χ0n) is 13.1. The van der Waals surface area contributed by atoms with Gasteiger partial charge in [-0.25, -0.2) is 0 Å². The molecule has 1 aromatic carbocycles. The summed E-state index contributed by atoms with van der Waals surface area (Å²) in [5.41, 5.74) is 1.11. The Kier molecular flexibility index (Phi) is 3.47. The van der Waals surface area contributed by atoms with Gasteiger partial charge >= 0.3 is 0 Å². The maximum Gasteiger partial charge on any atom is 0.231 e. The Morgan fingerprint density at radius 3 is 2.82 bits per heavy atom. The number of ether oxygens (including phenoxy) is 2. The highest BCUT2D eigenvalue weighted by molar-refractivity contribution is 5.79. The fourth-order valence-electron chi connectivity index (χ4n) is 4.39. The van der Waals surface area contributed by atoms with E-state index in [9.17, 15) is 4.79 Å². The Morgan fingerprint density at radius 1 is 1.23 bits per heavy atom. The lowest BCUT2D eigenvalue weighted by molar-refractivity contribution is -0.137. The van der Waals surface area contributed by atoms with Crippen molar-refractivity contribution in [3.8, 4) is 11.5 Å². The molecule has 0 aromatic heterocycles. The smallest absolute Gasteiger partial charge is 0.231 e. The second-order valence-electron chi connectivity index (χ2n) is 6.82. The van der Waals surface area contributed by atoms with E-state index < -0.39 is 0 Å². The molecular weight excluding hydrogens is 278 g/mol. The number of amides is 1. The van der Waals surface area contributed by atoms with Gasteiger partial charge in [0.2, 0.25) is 12.7 Å². The zero-order valence-corrected chi connectivity index (χ0v) is 13.1. The lowest BCUT2D eigenvalue weighted by atomic mass is 9.87. The van der Waals surface area contributed by atoms with Gasteiger partial charge in [0.25, 0.3) is 0 Å². The van der Waals surface area contributed by atoms with E-state index in [-0.39, 0.29) is 5.92 Å². The molecular formula is C18H23NO3. The van der Waals surface area contributed by atoms with E-state index in [4.69, 9.17) is 9.47 Å². The van der Waals surface area contributed by atoms with Crippen LogP contribution in [0.4, 0.5) is 0 Å². The molecule has 2 bridgehead atoms. The average molecular weight is 301 g/mol. The van der Waals surface area contributed by atoms with Gasteiger partial charge in [0.15, 0.2) is 11.5 Å². The first-order valence-corrected chi connectivity index (χ1v) is 8.42. The SMILES string of the molecule is CCN(Cc1ccc2c(c1)OCO2)C(=O)C1CC2CCC1C2. The van der Waals surface area contributed by atoms with Crippen LogP contribution in [0.5, 0.6) is 11.5 Å². The van der Waals surface area contributed by atoms with E-state index in [0.717, 1.165) is 35.9 Å². The molecule has 1 amide bonds. The summed E-state index contributed by atoms with van der Waals surface area (Å²) in [5.74, 6) is 3.67. The molecule has 3 atom stereocenters. The Morgan fingerprint density at radius 2 is 2.09 bits per heavy atom. The van der Waals surface area contributed by atoms with Gasteiger partial charge in [-0.2, -0.15) is 0 Å². The Hall–Kier alpha value is -1.71. The van der Waals surface area contributed by atoms with Gasteiger partial charge in [-0.05, 0) is 55.7 Å². The fourth-order valence-corrected chi connectivity index (χ4v) is 4.39. The minimum absolute atomic E-state index is 0.271. The van der Waals surface area contributed by atoms with Gasteiger partial charge in [0.05, 0.1) is 0 Å². The van der Waals surface area contributed by atoms with Crippen molar-refractivity contribution in [3.63, 3.8) is 0 Å². The topological polar surface area (TPSA) is 38.8 Å². The summed E-state index contributed by atoms with van der Waals surface area (Å²) in [6, 6.07) is 5.97. The third-order valence-corrected chi connectivity index (χ3v) is 5.56. The van der Waals surface area contributed by atoms with Crippen molar-refractivity contribution in [1.29, 1.82) is 0 Å². The molecule has 0 saturated heterocycles. The highest BCUT2D eigenvalue weighted by Crippen LogP contribution is 2.49. The molecule has 2 fully saturated rings. The molecule has 3 unspecified atom stereocenters. The van der Waals surface area contributed by atoms with Crippen molar-refractivity contribution in [2.24, 2.45) is 17.8 Å². The molecule has 1 aliphatic heterocycles. The first kappa shape index (κ1) is 13.9. The van der Waals surface area contributed by atoms with Crippen LogP contribution in [-0.4, -0.2) is 24.1 Å². The summed E-state index contributed by atoms with van der Waals surface area (Å²) in [7, 11) is 0. The molecule has 4 heteroatoms. The fraction of sp³-hybridized carbons (Fsp3) is 0.611. The number of hydrogen-bond acceptors (Lipinski definition) is 3. The highest BCUT2D eigenvalue weighted by Gasteiger charge is 2.44. The number of hydrogen-bond donors (Lipinski definition) is 0. The average Bonchev–Trinajstić information content (AvgIpc) is 3.26. The molecule has 4 nitrogen and oxygen atoms in total. The minimum atomic E-state index is 0.271. The molecule has 0 radical (unpaired) electrons. The number of carbonyl (C=O) groups is 1. The Labute approximate surface area is 131 Å². The van der Waals surface area contributed by atoms with Crippen molar-refractivity contribution < 1.29 is 14.3 Å². The van der Waals surface area contributed by atoms with Crippen LogP contribution in [0.3, 0.4) is 0 Å². The lowest BCUT2D eigenvalue weighted by Crippen LogP contribution is -2.37. The second-order valence-corrected chi connectivity index (χ2v) is 6.82. The first-order chi connectivity index (χ1) is 10.7. The van der Waals surface area contributed by atoms with Gasteiger partial charge in [0, 0.05) is 19.0 Å². The normalized spacial score (nSPS) is 28.1. The number of rotatable bonds is 4. The van der Waals surface area contributed by atoms with Crippen molar-refractivity contribution in [2.75, 3.05) is 13.3 Å². The largest absolute Gasteiger partial charge is 0.454 e. The molecule has 3 aliphatic rings. The van der Waals surface area contributed by atoms with Crippen molar-refractivity contribution in [1.82, 2.24) is 4.90 Å². The van der Waals surface area contributed by atoms with E-state index in [1.807, 2.05) is 23.1 Å². The standard InChI is InChI=1S/C18H23NO3/c1-2-19(18(20)15-8-12-3-5-14(15)7-12)10-13-4-6-16-17(9-13)22-11-21-16/h4,6,9,12,14-15H,2-3,5,7-8,10-11H2,1H3. The second kappa shape index (κ2) is 5.49. The van der Waals surface area contributed by atoms with Crippen LogP contribution < -0.4 is 9.47 Å². The van der Waals surface area contributed by atoms with E-state index in [2.05, 4.69) is 6.92 Å². The van der Waals surface area contributed by atoms with E-state index in [1.165, 1.54) is 19.3 Å². The summed E-state index contributed by atoms with van der Waals surface area (Å²) < 4.78 is 10.8. The summed E-state index contributed by atoms with van der Waals surface area (Å²) in [5, 5.41) is 0. The van der Waals surface area contributed by atoms with Gasteiger partial charge in [-0.1, -0.05) is 12.5 Å². The van der Waals surface area contributed by atoms with Gasteiger partial charge in [-0.3, -0.25) is 4.79 Å². The molecule has 4 rings (SSSR count). The van der Waals surface area contributed by atoms with E-state index in [0.29, 0.717) is 25.2 Å². The van der Waals surface area contributed by atoms with Crippen LogP contribution in [-0.2, 0) is 11.3 Å². The summed E-state index contributed by atoms with van der Waals surface area (Å²) in [4.78, 5) is 14.9. The molecule has 1 heterocycles. The van der Waals surface area contributed by atoms with E-state index >= 15 is 0 Å². The van der Waals surface area contributed by atoms with Gasteiger partial charge in [-0.15, -0.1) is 0 Å². The van der Waals surface area contributed by atoms with Crippen LogP contribution in [0.1, 0.15) is 38.2 Å². The third kappa shape index (κ3) is 2.34. The Bertz CT molecular complexity index is 586. The predicted octanol–water partition coefficient (Wildman–Crippen LogP) is 3.20. The van der Waals surface area contributed by atoms with Crippen molar-refractivity contribution in [3.05, 3.63) is 23.8 Å². The van der Waals surface area contributed by atoms with Gasteiger partial charge < -0.3 is 14.4 Å². The predicted molar refractivity (Wildman–Crippen MR) is 82.6 cm³/mol. The summed E-state index contributed by atoms with van der Waals surface area (Å²) in [6.07, 6.45) is 4.98. The molecule has 22 heavy (non-hydrogen) atoms. The highest BCUT2D eigenvalue weighted by atomic mass is 16.7. The lowest BCUT2D eigenvalue weighted by Gasteiger charge is -2.28. The third-order valence-electron chi connectivity index (χ3n) is 5.56. The number of carbonyl (C=O) groups excluding carboxylic acids is 1.